The third kappa shape index (κ3) is 37.3. The van der Waals surface area contributed by atoms with Gasteiger partial charge in [0.05, 0.1) is 0 Å². The fourth-order valence-electron chi connectivity index (χ4n) is 2.90. The van der Waals surface area contributed by atoms with Crippen LogP contribution in [0.1, 0.15) is 73.6 Å². The normalized spacial score (nSPS) is 18.2. The molecule has 0 amide bonds. The first-order chi connectivity index (χ1) is 13.1. The van der Waals surface area contributed by atoms with Gasteiger partial charge < -0.3 is 0 Å². The minimum absolute atomic E-state index is 0. The third-order valence-electron chi connectivity index (χ3n) is 3.51. The van der Waals surface area contributed by atoms with Crippen molar-refractivity contribution in [2.45, 2.75) is 89.6 Å². The summed E-state index contributed by atoms with van der Waals surface area (Å²) in [5.41, 5.74) is 0.953. The van der Waals surface area contributed by atoms with Gasteiger partial charge in [0.2, 0.25) is 0 Å². The Morgan fingerprint density at radius 3 is 0.967 bits per heavy atom. The summed E-state index contributed by atoms with van der Waals surface area (Å²) >= 11 is 0. The number of rotatable bonds is 0. The fraction of sp³-hybridized carbons (Fsp3) is 0.560. The van der Waals surface area contributed by atoms with Gasteiger partial charge in [-0.15, -0.1) is 17.8 Å². The Labute approximate surface area is 223 Å². The predicted octanol–water partition coefficient (Wildman–Crippen LogP) is 7.46. The zero-order chi connectivity index (χ0) is 21.9. The van der Waals surface area contributed by atoms with E-state index in [9.17, 15) is 0 Å². The molecular formula is C25H42Mo2OP2. The van der Waals surface area contributed by atoms with Crippen LogP contribution in [0.3, 0.4) is 0 Å². The van der Waals surface area contributed by atoms with E-state index in [4.69, 9.17) is 4.65 Å². The minimum Gasteiger partial charge on any atom is -0.0312 e. The molecular weight excluding hydrogens is 570 g/mol. The molecule has 0 N–H and O–H groups in total. The summed E-state index contributed by atoms with van der Waals surface area (Å²) < 4.78 is 7.50. The molecule has 0 heterocycles. The van der Waals surface area contributed by atoms with E-state index in [1.54, 1.807) is 0 Å². The molecule has 170 valence electrons. The van der Waals surface area contributed by atoms with Crippen LogP contribution >= 0.6 is 17.8 Å². The Balaban J connectivity index is -0.000000146. The van der Waals surface area contributed by atoms with Crippen molar-refractivity contribution < 1.29 is 46.8 Å². The number of hydrogen-bond donors (Lipinski definition) is 0. The minimum atomic E-state index is 0. The molecule has 0 spiro atoms. The first-order valence-corrected chi connectivity index (χ1v) is 11.9. The summed E-state index contributed by atoms with van der Waals surface area (Å²) in [5.74, 6) is 0. The molecule has 3 aliphatic carbocycles. The van der Waals surface area contributed by atoms with Crippen LogP contribution < -0.4 is 0 Å². The van der Waals surface area contributed by atoms with Crippen LogP contribution in [-0.2, 0) is 46.8 Å². The molecule has 0 aromatic carbocycles. The van der Waals surface area contributed by atoms with E-state index in [0.29, 0.717) is 10.3 Å². The Morgan fingerprint density at radius 2 is 0.867 bits per heavy atom. The van der Waals surface area contributed by atoms with Gasteiger partial charge in [0, 0.05) is 42.1 Å². The van der Waals surface area contributed by atoms with Gasteiger partial charge in [-0.1, -0.05) is 60.8 Å². The average Bonchev–Trinajstić information content (AvgIpc) is 3.33. The maximum absolute atomic E-state index is 7.50. The summed E-state index contributed by atoms with van der Waals surface area (Å²) in [6.07, 6.45) is 27.3. The SMILES string of the molecule is CC(C)(C)PC(C)(C)C.PC1CCCCC1.[C-]#[O+].[CH]1[CH][CH][CH][CH]1.[CH]1[CH][CH][CH][CH]1.[Mo].[Mo]. The standard InChI is InChI=1S/C8H19P.C6H13P.2C5H5.CO.2Mo/c1-7(2,3)9-8(4,5)6;7-6-4-2-1-3-5-6;2*1-2-4-5-3-1;1-2;;/h9H,1-6H3;6H,1-5,7H2;2*1-5H;;;. The van der Waals surface area contributed by atoms with Gasteiger partial charge >= 0.3 is 11.3 Å². The molecule has 1 nitrogen and oxygen atoms in total. The van der Waals surface area contributed by atoms with Gasteiger partial charge in [-0.2, -0.15) is 0 Å². The van der Waals surface area contributed by atoms with Crippen LogP contribution in [0.5, 0.6) is 0 Å². The average molecular weight is 612 g/mol. The predicted molar refractivity (Wildman–Crippen MR) is 131 cm³/mol. The van der Waals surface area contributed by atoms with Crippen molar-refractivity contribution in [3.05, 3.63) is 70.9 Å². The van der Waals surface area contributed by atoms with E-state index >= 15 is 0 Å². The smallest absolute Gasteiger partial charge is 0 e. The molecule has 30 heavy (non-hydrogen) atoms. The molecule has 1 atom stereocenters. The van der Waals surface area contributed by atoms with E-state index in [1.807, 2.05) is 64.2 Å². The zero-order valence-corrected chi connectivity index (χ0v) is 25.9. The van der Waals surface area contributed by atoms with Gasteiger partial charge in [-0.3, -0.25) is 0 Å². The molecule has 5 heteroatoms. The van der Waals surface area contributed by atoms with Crippen molar-refractivity contribution in [2.75, 3.05) is 0 Å². The molecule has 1 unspecified atom stereocenters. The van der Waals surface area contributed by atoms with E-state index in [2.05, 4.69) is 57.4 Å². The van der Waals surface area contributed by atoms with Crippen molar-refractivity contribution in [1.29, 1.82) is 0 Å². The van der Waals surface area contributed by atoms with Crippen molar-refractivity contribution >= 4 is 17.8 Å². The first-order valence-electron chi connectivity index (χ1n) is 10.2. The van der Waals surface area contributed by atoms with Crippen LogP contribution in [0, 0.1) is 70.9 Å². The van der Waals surface area contributed by atoms with E-state index in [1.165, 1.54) is 32.1 Å². The van der Waals surface area contributed by atoms with Crippen LogP contribution in [-0.4, -0.2) is 16.0 Å². The van der Waals surface area contributed by atoms with Crippen molar-refractivity contribution in [1.82, 2.24) is 0 Å². The second kappa shape index (κ2) is 25.6. The van der Waals surface area contributed by atoms with Crippen LogP contribution in [0.4, 0.5) is 0 Å². The third-order valence-corrected chi connectivity index (χ3v) is 5.68. The quantitative estimate of drug-likeness (QED) is 0.117. The Hall–Kier alpha value is 1.98. The molecule has 3 saturated carbocycles. The molecule has 0 aromatic rings. The summed E-state index contributed by atoms with van der Waals surface area (Å²) in [5, 5.41) is 1.02. The van der Waals surface area contributed by atoms with Crippen LogP contribution in [0.25, 0.3) is 0 Å². The van der Waals surface area contributed by atoms with E-state index in [-0.39, 0.29) is 42.1 Å². The second-order valence-electron chi connectivity index (χ2n) is 8.95. The first kappa shape index (κ1) is 39.2. The molecule has 0 bridgehead atoms. The maximum atomic E-state index is 7.50. The number of hydrogen-bond acceptors (Lipinski definition) is 0. The van der Waals surface area contributed by atoms with Crippen LogP contribution in [0.15, 0.2) is 0 Å². The molecule has 3 rings (SSSR count). The molecule has 3 aliphatic rings. The van der Waals surface area contributed by atoms with Crippen molar-refractivity contribution in [3.8, 4) is 0 Å². The summed E-state index contributed by atoms with van der Waals surface area (Å²) in [4.78, 5) is 0. The van der Waals surface area contributed by atoms with Gasteiger partial charge in [-0.25, -0.2) is 0 Å². The molecule has 0 saturated heterocycles. The molecule has 3 fully saturated rings. The fourth-order valence-corrected chi connectivity index (χ4v) is 5.62. The van der Waals surface area contributed by atoms with E-state index < -0.39 is 0 Å². The Morgan fingerprint density at radius 1 is 0.633 bits per heavy atom. The summed E-state index contributed by atoms with van der Waals surface area (Å²) in [7, 11) is 3.96. The van der Waals surface area contributed by atoms with Crippen LogP contribution in [0.2, 0.25) is 0 Å². The van der Waals surface area contributed by atoms with Crippen molar-refractivity contribution in [2.24, 2.45) is 0 Å². The van der Waals surface area contributed by atoms with Gasteiger partial charge in [-0.05, 0) is 93.0 Å². The molecule has 0 aliphatic heterocycles. The van der Waals surface area contributed by atoms with Gasteiger partial charge in [0.15, 0.2) is 0 Å². The summed E-state index contributed by atoms with van der Waals surface area (Å²) in [6, 6.07) is 0. The summed E-state index contributed by atoms with van der Waals surface area (Å²) in [6.45, 7) is 18.3. The van der Waals surface area contributed by atoms with E-state index in [0.717, 1.165) is 14.2 Å². The second-order valence-corrected chi connectivity index (χ2v) is 13.1. The topological polar surface area (TPSA) is 19.9 Å². The molecule has 10 radical (unpaired) electrons. The zero-order valence-electron chi connectivity index (χ0n) is 19.7. The Kier molecular flexibility index (Phi) is 33.4. The monoisotopic (exact) mass is 616 g/mol. The Bertz CT molecular complexity index is 298. The van der Waals surface area contributed by atoms with Gasteiger partial charge in [0.25, 0.3) is 0 Å². The largest absolute Gasteiger partial charge is 0.0312 e. The maximum Gasteiger partial charge on any atom is 0 e. The van der Waals surface area contributed by atoms with Crippen molar-refractivity contribution in [3.63, 3.8) is 0 Å². The molecule has 0 aromatic heterocycles. The van der Waals surface area contributed by atoms with Gasteiger partial charge in [0.1, 0.15) is 0 Å².